The molecule has 0 saturated carbocycles. The molecule has 2 amide bonds. The Balaban J connectivity index is 1.49. The van der Waals surface area contributed by atoms with Crippen molar-refractivity contribution < 1.29 is 9.59 Å². The second kappa shape index (κ2) is 8.20. The van der Waals surface area contributed by atoms with Crippen LogP contribution in [0.1, 0.15) is 23.3 Å². The molecule has 3 aromatic heterocycles. The van der Waals surface area contributed by atoms with Crippen LogP contribution < -0.4 is 21.3 Å². The van der Waals surface area contributed by atoms with E-state index in [1.165, 1.54) is 11.3 Å². The van der Waals surface area contributed by atoms with Crippen molar-refractivity contribution in [2.45, 2.75) is 18.4 Å². The molecule has 1 fully saturated rings. The van der Waals surface area contributed by atoms with Gasteiger partial charge in [-0.25, -0.2) is 9.97 Å². The molecular formula is C19H22N8O2S. The summed E-state index contributed by atoms with van der Waals surface area (Å²) in [5.41, 5.74) is 6.63. The average Bonchev–Trinajstić information content (AvgIpc) is 3.46. The number of hydrogen-bond acceptors (Lipinski definition) is 8. The van der Waals surface area contributed by atoms with E-state index in [2.05, 4.69) is 30.8 Å². The maximum atomic E-state index is 12.8. The molecule has 0 aromatic carbocycles. The van der Waals surface area contributed by atoms with E-state index in [1.807, 2.05) is 4.90 Å². The molecule has 30 heavy (non-hydrogen) atoms. The third-order valence-corrected chi connectivity index (χ3v) is 6.27. The lowest BCUT2D eigenvalue weighted by Crippen LogP contribution is -2.59. The summed E-state index contributed by atoms with van der Waals surface area (Å²) in [5, 5.41) is 15.0. The van der Waals surface area contributed by atoms with Gasteiger partial charge in [-0.1, -0.05) is 0 Å². The largest absolute Gasteiger partial charge is 0.368 e. The number of amides is 2. The van der Waals surface area contributed by atoms with Crippen LogP contribution in [0.2, 0.25) is 0 Å². The van der Waals surface area contributed by atoms with Crippen molar-refractivity contribution in [1.82, 2.24) is 25.5 Å². The maximum absolute atomic E-state index is 12.8. The topological polar surface area (TPSA) is 142 Å². The summed E-state index contributed by atoms with van der Waals surface area (Å²) in [7, 11) is 1.75. The van der Waals surface area contributed by atoms with Crippen molar-refractivity contribution >= 4 is 34.7 Å². The van der Waals surface area contributed by atoms with Crippen LogP contribution in [0.4, 0.5) is 11.5 Å². The van der Waals surface area contributed by atoms with Gasteiger partial charge in [-0.3, -0.25) is 14.7 Å². The second-order valence-electron chi connectivity index (χ2n) is 7.04. The molecule has 0 spiro atoms. The number of H-pyrrole nitrogens is 1. The predicted octanol–water partition coefficient (Wildman–Crippen LogP) is 1.22. The molecule has 4 heterocycles. The Morgan fingerprint density at radius 3 is 2.80 bits per heavy atom. The number of aromatic nitrogens is 4. The van der Waals surface area contributed by atoms with Crippen molar-refractivity contribution in [3.63, 3.8) is 0 Å². The highest BCUT2D eigenvalue weighted by Gasteiger charge is 2.39. The minimum atomic E-state index is -0.710. The van der Waals surface area contributed by atoms with Crippen LogP contribution in [0.15, 0.2) is 36.1 Å². The Hall–Kier alpha value is -3.31. The average molecular weight is 427 g/mol. The number of aromatic amines is 1. The van der Waals surface area contributed by atoms with Gasteiger partial charge in [0.1, 0.15) is 16.2 Å². The van der Waals surface area contributed by atoms with Crippen molar-refractivity contribution in [2.75, 3.05) is 30.4 Å². The van der Waals surface area contributed by atoms with E-state index < -0.39 is 5.54 Å². The van der Waals surface area contributed by atoms with Crippen LogP contribution in [-0.2, 0) is 4.79 Å². The Bertz CT molecular complexity index is 1040. The number of carbonyl (C=O) groups is 2. The zero-order valence-electron chi connectivity index (χ0n) is 16.4. The van der Waals surface area contributed by atoms with Gasteiger partial charge in [0.2, 0.25) is 5.91 Å². The summed E-state index contributed by atoms with van der Waals surface area (Å²) in [4.78, 5) is 35.5. The highest BCUT2D eigenvalue weighted by molar-refractivity contribution is 7.13. The molecule has 0 bridgehead atoms. The quantitative estimate of drug-likeness (QED) is 0.464. The monoisotopic (exact) mass is 426 g/mol. The van der Waals surface area contributed by atoms with Gasteiger partial charge in [-0.05, 0) is 32.0 Å². The van der Waals surface area contributed by atoms with Gasteiger partial charge in [0.05, 0.1) is 11.9 Å². The van der Waals surface area contributed by atoms with Gasteiger partial charge in [0.25, 0.3) is 5.91 Å². The van der Waals surface area contributed by atoms with Crippen LogP contribution >= 0.6 is 11.3 Å². The van der Waals surface area contributed by atoms with Crippen molar-refractivity contribution in [2.24, 2.45) is 5.73 Å². The molecule has 1 aliphatic rings. The van der Waals surface area contributed by atoms with E-state index in [0.717, 1.165) is 5.56 Å². The third-order valence-electron chi connectivity index (χ3n) is 5.38. The molecule has 0 unspecified atom stereocenters. The second-order valence-corrected chi connectivity index (χ2v) is 7.90. The number of thiazole rings is 1. The first-order chi connectivity index (χ1) is 14.5. The molecule has 1 saturated heterocycles. The molecule has 10 nitrogen and oxygen atoms in total. The van der Waals surface area contributed by atoms with Crippen molar-refractivity contribution in [1.29, 1.82) is 0 Å². The number of pyridine rings is 1. The molecule has 0 radical (unpaired) electrons. The number of carbonyl (C=O) groups excluding carboxylic acids is 2. The van der Waals surface area contributed by atoms with Gasteiger partial charge in [-0.15, -0.1) is 11.3 Å². The van der Waals surface area contributed by atoms with Crippen molar-refractivity contribution in [3.05, 3.63) is 41.8 Å². The van der Waals surface area contributed by atoms with E-state index in [9.17, 15) is 9.59 Å². The number of nitrogens with one attached hydrogen (secondary N) is 3. The molecule has 0 atom stereocenters. The molecule has 3 aromatic rings. The van der Waals surface area contributed by atoms with E-state index >= 15 is 0 Å². The first-order valence-electron chi connectivity index (χ1n) is 9.47. The van der Waals surface area contributed by atoms with Gasteiger partial charge in [0, 0.05) is 36.4 Å². The van der Waals surface area contributed by atoms with E-state index in [-0.39, 0.29) is 11.8 Å². The fourth-order valence-electron chi connectivity index (χ4n) is 3.53. The third kappa shape index (κ3) is 3.76. The maximum Gasteiger partial charge on any atom is 0.275 e. The predicted molar refractivity (Wildman–Crippen MR) is 114 cm³/mol. The van der Waals surface area contributed by atoms with Crippen molar-refractivity contribution in [3.8, 4) is 10.6 Å². The lowest BCUT2D eigenvalue weighted by Gasteiger charge is -2.40. The highest BCUT2D eigenvalue weighted by atomic mass is 32.1. The summed E-state index contributed by atoms with van der Waals surface area (Å²) >= 11 is 1.37. The fraction of sp³-hybridized carbons (Fsp3) is 0.316. The first kappa shape index (κ1) is 20.0. The number of nitrogens with two attached hydrogens (primary N) is 1. The number of piperidine rings is 1. The summed E-state index contributed by atoms with van der Waals surface area (Å²) in [6.07, 6.45) is 6.19. The molecule has 156 valence electrons. The van der Waals surface area contributed by atoms with Gasteiger partial charge in [-0.2, -0.15) is 5.10 Å². The Kier molecular flexibility index (Phi) is 5.46. The smallest absolute Gasteiger partial charge is 0.275 e. The number of primary amides is 1. The van der Waals surface area contributed by atoms with Crippen LogP contribution in [0.5, 0.6) is 0 Å². The van der Waals surface area contributed by atoms with Crippen LogP contribution in [0, 0.1) is 0 Å². The zero-order chi connectivity index (χ0) is 21.1. The molecule has 0 aliphatic carbocycles. The molecule has 11 heteroatoms. The number of rotatable bonds is 6. The SMILES string of the molecule is CNC1(C(N)=O)CCN(c2ncccc2NC(=O)c2csc(-c3cn[nH]c3)n2)CC1. The Labute approximate surface area is 176 Å². The summed E-state index contributed by atoms with van der Waals surface area (Å²) in [5.74, 6) is -0.00423. The number of anilines is 2. The molecule has 4 rings (SSSR count). The number of nitrogens with zero attached hydrogens (tertiary/aromatic N) is 4. The fourth-order valence-corrected chi connectivity index (χ4v) is 4.31. The highest BCUT2D eigenvalue weighted by Crippen LogP contribution is 2.30. The van der Waals surface area contributed by atoms with Crippen LogP contribution in [0.3, 0.4) is 0 Å². The van der Waals surface area contributed by atoms with E-state index in [0.29, 0.717) is 48.1 Å². The standard InChI is InChI=1S/C19H22N8O2S/c1-21-19(18(20)29)4-7-27(8-5-19)15-13(3-2-6-22-15)25-16(28)14-11-30-17(26-14)12-9-23-24-10-12/h2-3,6,9-11,21H,4-5,7-8H2,1H3,(H2,20,29)(H,23,24)(H,25,28). The van der Waals surface area contributed by atoms with E-state index in [4.69, 9.17) is 5.73 Å². The minimum absolute atomic E-state index is 0.311. The normalized spacial score (nSPS) is 15.7. The van der Waals surface area contributed by atoms with Crippen LogP contribution in [0.25, 0.3) is 10.6 Å². The van der Waals surface area contributed by atoms with Gasteiger partial charge in [0.15, 0.2) is 5.82 Å². The number of likely N-dealkylation sites (N-methyl/N-ethyl adjacent to an activating group) is 1. The lowest BCUT2D eigenvalue weighted by molar-refractivity contribution is -0.125. The Morgan fingerprint density at radius 1 is 1.33 bits per heavy atom. The molecule has 5 N–H and O–H groups in total. The Morgan fingerprint density at radius 2 is 2.13 bits per heavy atom. The molecule has 1 aliphatic heterocycles. The van der Waals surface area contributed by atoms with Gasteiger partial charge < -0.3 is 21.3 Å². The summed E-state index contributed by atoms with van der Waals surface area (Å²) in [6.45, 7) is 1.18. The van der Waals surface area contributed by atoms with Gasteiger partial charge >= 0.3 is 0 Å². The van der Waals surface area contributed by atoms with Crippen LogP contribution in [-0.4, -0.2) is 57.7 Å². The summed E-state index contributed by atoms with van der Waals surface area (Å²) < 4.78 is 0. The zero-order valence-corrected chi connectivity index (χ0v) is 17.2. The lowest BCUT2D eigenvalue weighted by atomic mass is 9.87. The number of hydrogen-bond donors (Lipinski definition) is 4. The minimum Gasteiger partial charge on any atom is -0.368 e. The summed E-state index contributed by atoms with van der Waals surface area (Å²) in [6, 6.07) is 3.57. The molecular weight excluding hydrogens is 404 g/mol. The van der Waals surface area contributed by atoms with E-state index in [1.54, 1.807) is 43.2 Å². The first-order valence-corrected chi connectivity index (χ1v) is 10.4.